The number of aromatic nitrogens is 3. The van der Waals surface area contributed by atoms with Gasteiger partial charge in [-0.15, -0.1) is 5.10 Å². The summed E-state index contributed by atoms with van der Waals surface area (Å²) in [6, 6.07) is 17.1. The first kappa shape index (κ1) is 23.0. The molecular formula is C23H25N3O7. The van der Waals surface area contributed by atoms with Crippen molar-refractivity contribution < 1.29 is 34.7 Å². The number of aliphatic hydroxyl groups is 3. The lowest BCUT2D eigenvalue weighted by atomic mass is 9.90. The van der Waals surface area contributed by atoms with E-state index in [0.717, 1.165) is 11.1 Å². The Balaban J connectivity index is 1.60. The second-order valence-corrected chi connectivity index (χ2v) is 7.80. The summed E-state index contributed by atoms with van der Waals surface area (Å²) in [5, 5.41) is 49.5. The van der Waals surface area contributed by atoms with Gasteiger partial charge in [-0.3, -0.25) is 0 Å². The molecule has 0 bridgehead atoms. The van der Waals surface area contributed by atoms with Crippen LogP contribution in [0.3, 0.4) is 0 Å². The van der Waals surface area contributed by atoms with E-state index in [1.165, 1.54) is 4.68 Å². The maximum atomic E-state index is 12.0. The molecule has 4 rings (SSSR count). The zero-order valence-electron chi connectivity index (χ0n) is 17.6. The molecule has 174 valence electrons. The number of carboxylic acid groups (broad SMARTS) is 1. The second kappa shape index (κ2) is 10.2. The molecule has 2 heterocycles. The highest BCUT2D eigenvalue weighted by Gasteiger charge is 2.50. The molecule has 0 aliphatic carbocycles. The van der Waals surface area contributed by atoms with Gasteiger partial charge >= 0.3 is 5.97 Å². The van der Waals surface area contributed by atoms with Gasteiger partial charge in [0.05, 0.1) is 19.4 Å². The van der Waals surface area contributed by atoms with Gasteiger partial charge in [-0.2, -0.15) is 0 Å². The van der Waals surface area contributed by atoms with Crippen LogP contribution in [0.2, 0.25) is 0 Å². The number of aliphatic hydroxyl groups excluding tert-OH is 3. The maximum absolute atomic E-state index is 12.0. The zero-order valence-corrected chi connectivity index (χ0v) is 17.6. The molecule has 4 N–H and O–H groups in total. The minimum absolute atomic E-state index is 0.0249. The lowest BCUT2D eigenvalue weighted by Crippen LogP contribution is -2.60. The van der Waals surface area contributed by atoms with E-state index in [9.17, 15) is 25.2 Å². The minimum Gasteiger partial charge on any atom is -0.479 e. The SMILES string of the molecule is O=C(O)[C@@H](OCc1ccccc1)[C@@H]1OC(CO)[C@H](O)[C@H](n2cc(-c3ccccc3)nn2)C1O. The highest BCUT2D eigenvalue weighted by atomic mass is 16.6. The highest BCUT2D eigenvalue weighted by Crippen LogP contribution is 2.33. The van der Waals surface area contributed by atoms with Crippen LogP contribution in [0.1, 0.15) is 11.6 Å². The van der Waals surface area contributed by atoms with Crippen LogP contribution in [-0.4, -0.2) is 78.5 Å². The smallest absolute Gasteiger partial charge is 0.335 e. The third-order valence-corrected chi connectivity index (χ3v) is 5.63. The molecule has 10 heteroatoms. The van der Waals surface area contributed by atoms with Crippen molar-refractivity contribution in [3.63, 3.8) is 0 Å². The summed E-state index contributed by atoms with van der Waals surface area (Å²) in [5.41, 5.74) is 2.03. The number of nitrogens with zero attached hydrogens (tertiary/aromatic N) is 3. The number of aliphatic carboxylic acids is 1. The van der Waals surface area contributed by atoms with E-state index in [1.54, 1.807) is 30.5 Å². The van der Waals surface area contributed by atoms with E-state index in [1.807, 2.05) is 36.4 Å². The molecule has 1 fully saturated rings. The van der Waals surface area contributed by atoms with Gasteiger partial charge < -0.3 is 29.9 Å². The van der Waals surface area contributed by atoms with Gasteiger partial charge in [0, 0.05) is 5.56 Å². The summed E-state index contributed by atoms with van der Waals surface area (Å²) in [4.78, 5) is 12.0. The molecule has 1 aliphatic heterocycles. The van der Waals surface area contributed by atoms with Crippen molar-refractivity contribution >= 4 is 5.97 Å². The third-order valence-electron chi connectivity index (χ3n) is 5.63. The number of ether oxygens (including phenoxy) is 2. The van der Waals surface area contributed by atoms with Crippen LogP contribution < -0.4 is 0 Å². The summed E-state index contributed by atoms with van der Waals surface area (Å²) in [7, 11) is 0. The molecule has 3 aromatic rings. The molecule has 1 aromatic heterocycles. The molecule has 0 spiro atoms. The second-order valence-electron chi connectivity index (χ2n) is 7.80. The molecule has 0 saturated carbocycles. The van der Waals surface area contributed by atoms with Gasteiger partial charge in [0.15, 0.2) is 6.10 Å². The Bertz CT molecular complexity index is 1050. The molecule has 10 nitrogen and oxygen atoms in total. The minimum atomic E-state index is -1.55. The molecule has 2 unspecified atom stereocenters. The van der Waals surface area contributed by atoms with Crippen molar-refractivity contribution in [2.24, 2.45) is 0 Å². The van der Waals surface area contributed by atoms with Crippen LogP contribution in [0.25, 0.3) is 11.3 Å². The highest BCUT2D eigenvalue weighted by molar-refractivity contribution is 5.73. The van der Waals surface area contributed by atoms with Crippen LogP contribution in [0.4, 0.5) is 0 Å². The van der Waals surface area contributed by atoms with Crippen LogP contribution in [-0.2, 0) is 20.9 Å². The monoisotopic (exact) mass is 455 g/mol. The summed E-state index contributed by atoms with van der Waals surface area (Å²) < 4.78 is 12.5. The van der Waals surface area contributed by atoms with Gasteiger partial charge in [-0.1, -0.05) is 65.9 Å². The quantitative estimate of drug-likeness (QED) is 0.384. The van der Waals surface area contributed by atoms with Crippen LogP contribution in [0.15, 0.2) is 66.9 Å². The molecule has 0 amide bonds. The number of hydrogen-bond donors (Lipinski definition) is 4. The molecular weight excluding hydrogens is 430 g/mol. The van der Waals surface area contributed by atoms with E-state index in [0.29, 0.717) is 5.69 Å². The number of rotatable bonds is 8. The van der Waals surface area contributed by atoms with E-state index in [4.69, 9.17) is 9.47 Å². The van der Waals surface area contributed by atoms with E-state index in [-0.39, 0.29) is 6.61 Å². The zero-order chi connectivity index (χ0) is 23.4. The number of carbonyl (C=O) groups is 1. The predicted molar refractivity (Wildman–Crippen MR) is 115 cm³/mol. The van der Waals surface area contributed by atoms with Crippen molar-refractivity contribution in [3.05, 3.63) is 72.4 Å². The Kier molecular flexibility index (Phi) is 7.11. The van der Waals surface area contributed by atoms with E-state index >= 15 is 0 Å². The topological polar surface area (TPSA) is 147 Å². The fourth-order valence-electron chi connectivity index (χ4n) is 3.92. The number of carboxylic acids is 1. The van der Waals surface area contributed by atoms with Gasteiger partial charge in [-0.25, -0.2) is 9.48 Å². The average molecular weight is 455 g/mol. The molecule has 1 saturated heterocycles. The standard InChI is InChI=1S/C23H25N3O7/c27-12-17-19(28)18(26-11-16(24-25-26)15-9-5-2-6-10-15)20(29)21(33-17)22(23(30)31)32-13-14-7-3-1-4-8-14/h1-11,17-22,27-29H,12-13H2,(H,30,31)/t17?,18-,19-,20?,21+,22-/m0/s1. The van der Waals surface area contributed by atoms with Crippen molar-refractivity contribution in [3.8, 4) is 11.3 Å². The average Bonchev–Trinajstić information content (AvgIpc) is 3.31. The molecule has 1 aliphatic rings. The Morgan fingerprint density at radius 3 is 2.36 bits per heavy atom. The molecule has 0 radical (unpaired) electrons. The summed E-state index contributed by atoms with van der Waals surface area (Å²) in [6.45, 7) is -0.616. The first-order valence-electron chi connectivity index (χ1n) is 10.5. The summed E-state index contributed by atoms with van der Waals surface area (Å²) >= 11 is 0. The van der Waals surface area contributed by atoms with E-state index < -0.39 is 49.1 Å². The Morgan fingerprint density at radius 1 is 1.06 bits per heavy atom. The number of benzene rings is 2. The van der Waals surface area contributed by atoms with Crippen molar-refractivity contribution in [1.82, 2.24) is 15.0 Å². The van der Waals surface area contributed by atoms with Gasteiger partial charge in [-0.05, 0) is 5.56 Å². The van der Waals surface area contributed by atoms with Gasteiger partial charge in [0.2, 0.25) is 0 Å². The fraction of sp³-hybridized carbons (Fsp3) is 0.348. The largest absolute Gasteiger partial charge is 0.479 e. The van der Waals surface area contributed by atoms with Crippen LogP contribution >= 0.6 is 0 Å². The van der Waals surface area contributed by atoms with Crippen molar-refractivity contribution in [2.45, 2.75) is 43.2 Å². The van der Waals surface area contributed by atoms with Gasteiger partial charge in [0.25, 0.3) is 0 Å². The molecule has 33 heavy (non-hydrogen) atoms. The normalized spacial score (nSPS) is 26.1. The Morgan fingerprint density at radius 2 is 1.73 bits per heavy atom. The molecule has 2 aromatic carbocycles. The van der Waals surface area contributed by atoms with E-state index in [2.05, 4.69) is 10.3 Å². The Hall–Kier alpha value is -3.15. The maximum Gasteiger partial charge on any atom is 0.335 e. The lowest BCUT2D eigenvalue weighted by molar-refractivity contribution is -0.238. The third kappa shape index (κ3) is 4.95. The first-order valence-corrected chi connectivity index (χ1v) is 10.5. The number of hydrogen-bond acceptors (Lipinski definition) is 8. The predicted octanol–water partition coefficient (Wildman–Crippen LogP) is 0.638. The van der Waals surface area contributed by atoms with Crippen LogP contribution in [0.5, 0.6) is 0 Å². The Labute approximate surface area is 189 Å². The van der Waals surface area contributed by atoms with Crippen molar-refractivity contribution in [1.29, 1.82) is 0 Å². The summed E-state index contributed by atoms with van der Waals surface area (Å²) in [6.07, 6.45) is -5.42. The fourth-order valence-corrected chi connectivity index (χ4v) is 3.92. The van der Waals surface area contributed by atoms with Gasteiger partial charge in [0.1, 0.15) is 36.2 Å². The van der Waals surface area contributed by atoms with Crippen molar-refractivity contribution in [2.75, 3.05) is 6.61 Å². The van der Waals surface area contributed by atoms with Crippen LogP contribution in [0, 0.1) is 0 Å². The summed E-state index contributed by atoms with van der Waals surface area (Å²) in [5.74, 6) is -1.34. The first-order chi connectivity index (χ1) is 16.0. The molecule has 6 atom stereocenters. The lowest BCUT2D eigenvalue weighted by Gasteiger charge is -2.43.